The van der Waals surface area contributed by atoms with E-state index >= 15 is 0 Å². The van der Waals surface area contributed by atoms with E-state index in [1.54, 1.807) is 0 Å². The Balaban J connectivity index is 1.77. The highest BCUT2D eigenvalue weighted by Gasteiger charge is 2.44. The predicted octanol–water partition coefficient (Wildman–Crippen LogP) is 1.49. The maximum Gasteiger partial charge on any atom is 0.169 e. The smallest absolute Gasteiger partial charge is 0.169 e. The van der Waals surface area contributed by atoms with Gasteiger partial charge in [0.25, 0.3) is 0 Å². The number of ketones is 1. The van der Waals surface area contributed by atoms with Crippen molar-refractivity contribution in [1.82, 2.24) is 8.01 Å². The van der Waals surface area contributed by atoms with Crippen LogP contribution < -0.4 is 0 Å². The summed E-state index contributed by atoms with van der Waals surface area (Å²) < 4.78 is 2.36. The van der Waals surface area contributed by atoms with Gasteiger partial charge in [-0.1, -0.05) is 6.58 Å². The van der Waals surface area contributed by atoms with Crippen molar-refractivity contribution in [3.8, 4) is 0 Å². The zero-order chi connectivity index (χ0) is 10.9. The summed E-state index contributed by atoms with van der Waals surface area (Å²) in [5, 5.41) is 0. The number of piperidine rings is 1. The summed E-state index contributed by atoms with van der Waals surface area (Å²) in [5.74, 6) is 0.149. The third kappa shape index (κ3) is 2.60. The van der Waals surface area contributed by atoms with Crippen LogP contribution in [0.5, 0.6) is 0 Å². The molecule has 2 rings (SSSR count). The highest BCUT2D eigenvalue weighted by molar-refractivity contribution is 14.1. The second-order valence-electron chi connectivity index (χ2n) is 4.73. The molecule has 0 aliphatic carbocycles. The van der Waals surface area contributed by atoms with Crippen LogP contribution in [0.3, 0.4) is 0 Å². The number of rotatable bonds is 3. The monoisotopic (exact) mass is 320 g/mol. The summed E-state index contributed by atoms with van der Waals surface area (Å²) in [6, 6.07) is 0. The van der Waals surface area contributed by atoms with Gasteiger partial charge in [0.15, 0.2) is 5.78 Å². The van der Waals surface area contributed by atoms with Gasteiger partial charge in [-0.25, -0.2) is 3.11 Å². The molecule has 2 aliphatic rings. The van der Waals surface area contributed by atoms with Gasteiger partial charge in [-0.3, -0.25) is 9.69 Å². The van der Waals surface area contributed by atoms with Crippen molar-refractivity contribution in [1.29, 1.82) is 0 Å². The minimum atomic E-state index is 0.149. The van der Waals surface area contributed by atoms with Gasteiger partial charge in [0.05, 0.1) is 6.54 Å². The first kappa shape index (κ1) is 11.5. The molecule has 0 amide bonds. The van der Waals surface area contributed by atoms with Crippen molar-refractivity contribution in [2.45, 2.75) is 12.8 Å². The number of carbonyl (C=O) groups excluding carboxylic acids is 1. The molecule has 1 spiro atoms. The number of hydrogen-bond donors (Lipinski definition) is 0. The molecule has 4 heteroatoms. The highest BCUT2D eigenvalue weighted by Crippen LogP contribution is 2.40. The molecule has 84 valence electrons. The number of nitrogens with zero attached hydrogens (tertiary/aromatic N) is 2. The molecular weight excluding hydrogens is 303 g/mol. The van der Waals surface area contributed by atoms with Crippen molar-refractivity contribution in [3.63, 3.8) is 0 Å². The molecule has 2 saturated heterocycles. The molecule has 2 fully saturated rings. The summed E-state index contributed by atoms with van der Waals surface area (Å²) in [5.41, 5.74) is 0.531. The third-order valence-electron chi connectivity index (χ3n) is 3.49. The molecule has 0 aromatic rings. The van der Waals surface area contributed by atoms with Gasteiger partial charge in [-0.05, 0) is 24.3 Å². The van der Waals surface area contributed by atoms with E-state index in [0.717, 1.165) is 13.1 Å². The van der Waals surface area contributed by atoms with Crippen LogP contribution in [0.15, 0.2) is 12.7 Å². The van der Waals surface area contributed by atoms with Gasteiger partial charge in [-0.2, -0.15) is 0 Å². The van der Waals surface area contributed by atoms with Crippen LogP contribution in [0.2, 0.25) is 0 Å². The van der Waals surface area contributed by atoms with Crippen molar-refractivity contribution in [2.24, 2.45) is 5.41 Å². The van der Waals surface area contributed by atoms with E-state index in [2.05, 4.69) is 37.5 Å². The Morgan fingerprint density at radius 2 is 2.00 bits per heavy atom. The van der Waals surface area contributed by atoms with Crippen molar-refractivity contribution in [2.75, 3.05) is 32.7 Å². The Hall–Kier alpha value is 0.0600. The lowest BCUT2D eigenvalue weighted by atomic mass is 9.72. The highest BCUT2D eigenvalue weighted by atomic mass is 127. The first-order valence-electron chi connectivity index (χ1n) is 5.42. The van der Waals surface area contributed by atoms with Crippen LogP contribution in [0.25, 0.3) is 0 Å². The summed E-state index contributed by atoms with van der Waals surface area (Å²) in [4.78, 5) is 13.4. The molecule has 3 nitrogen and oxygen atoms in total. The fraction of sp³-hybridized carbons (Fsp3) is 0.727. The molecular formula is C11H17IN2O. The van der Waals surface area contributed by atoms with E-state index in [1.807, 2.05) is 0 Å². The fourth-order valence-corrected chi connectivity index (χ4v) is 3.05. The average molecular weight is 320 g/mol. The standard InChI is InChI=1S/C11H17IN2O/c1-2-10(15)7-13-8-11(9-13)3-5-14(12)6-4-11/h2H,1,3-9H2. The lowest BCUT2D eigenvalue weighted by molar-refractivity contribution is -0.120. The van der Waals surface area contributed by atoms with Crippen LogP contribution in [-0.4, -0.2) is 46.5 Å². The SMILES string of the molecule is C=CC(=O)CN1CC2(CCN(I)CC2)C1. The Bertz CT molecular complexity index is 264. The molecule has 2 aliphatic heterocycles. The van der Waals surface area contributed by atoms with Crippen LogP contribution in [0.4, 0.5) is 0 Å². The number of hydrogen-bond acceptors (Lipinski definition) is 3. The summed E-state index contributed by atoms with van der Waals surface area (Å²) in [6.45, 7) is 8.68. The first-order valence-corrected chi connectivity index (χ1v) is 6.38. The molecule has 2 heterocycles. The van der Waals surface area contributed by atoms with Gasteiger partial charge in [0, 0.05) is 49.0 Å². The lowest BCUT2D eigenvalue weighted by Crippen LogP contribution is -2.60. The summed E-state index contributed by atoms with van der Waals surface area (Å²) in [6.07, 6.45) is 4.00. The molecule has 15 heavy (non-hydrogen) atoms. The largest absolute Gasteiger partial charge is 0.295 e. The lowest BCUT2D eigenvalue weighted by Gasteiger charge is -2.53. The average Bonchev–Trinajstić information content (AvgIpc) is 2.19. The predicted molar refractivity (Wildman–Crippen MR) is 68.9 cm³/mol. The Kier molecular flexibility index (Phi) is 3.47. The zero-order valence-electron chi connectivity index (χ0n) is 8.91. The Morgan fingerprint density at radius 3 is 2.53 bits per heavy atom. The summed E-state index contributed by atoms with van der Waals surface area (Å²) in [7, 11) is 0. The number of likely N-dealkylation sites (tertiary alicyclic amines) is 1. The Labute approximate surface area is 105 Å². The van der Waals surface area contributed by atoms with E-state index in [4.69, 9.17) is 0 Å². The van der Waals surface area contributed by atoms with Crippen LogP contribution >= 0.6 is 22.9 Å². The number of halogens is 1. The van der Waals surface area contributed by atoms with Gasteiger partial charge in [0.1, 0.15) is 0 Å². The second kappa shape index (κ2) is 4.51. The first-order chi connectivity index (χ1) is 7.13. The van der Waals surface area contributed by atoms with E-state index in [9.17, 15) is 4.79 Å². The maximum atomic E-state index is 11.2. The van der Waals surface area contributed by atoms with Gasteiger partial charge < -0.3 is 0 Å². The molecule has 0 atom stereocenters. The molecule has 0 aromatic heterocycles. The van der Waals surface area contributed by atoms with Gasteiger partial charge in [0.2, 0.25) is 0 Å². The molecule has 0 radical (unpaired) electrons. The topological polar surface area (TPSA) is 23.6 Å². The van der Waals surface area contributed by atoms with Crippen molar-refractivity contribution < 1.29 is 4.79 Å². The summed E-state index contributed by atoms with van der Waals surface area (Å²) >= 11 is 2.40. The quantitative estimate of drug-likeness (QED) is 0.447. The molecule has 0 unspecified atom stereocenters. The van der Waals surface area contributed by atoms with Crippen molar-refractivity contribution in [3.05, 3.63) is 12.7 Å². The number of carbonyl (C=O) groups is 1. The maximum absolute atomic E-state index is 11.2. The molecule has 0 bridgehead atoms. The van der Waals surface area contributed by atoms with Crippen molar-refractivity contribution >= 4 is 28.6 Å². The minimum absolute atomic E-state index is 0.149. The van der Waals surface area contributed by atoms with Gasteiger partial charge >= 0.3 is 0 Å². The van der Waals surface area contributed by atoms with E-state index in [1.165, 1.54) is 32.0 Å². The Morgan fingerprint density at radius 1 is 1.40 bits per heavy atom. The van der Waals surface area contributed by atoms with Crippen LogP contribution in [0.1, 0.15) is 12.8 Å². The van der Waals surface area contributed by atoms with E-state index < -0.39 is 0 Å². The zero-order valence-corrected chi connectivity index (χ0v) is 11.1. The van der Waals surface area contributed by atoms with Gasteiger partial charge in [-0.15, -0.1) is 0 Å². The fourth-order valence-electron chi connectivity index (χ4n) is 2.57. The molecule has 0 N–H and O–H groups in total. The molecule has 0 saturated carbocycles. The minimum Gasteiger partial charge on any atom is -0.295 e. The second-order valence-corrected chi connectivity index (χ2v) is 6.09. The third-order valence-corrected chi connectivity index (χ3v) is 4.46. The van der Waals surface area contributed by atoms with Crippen LogP contribution in [0, 0.1) is 5.41 Å². The normalized spacial score (nSPS) is 26.2. The van der Waals surface area contributed by atoms with Crippen LogP contribution in [-0.2, 0) is 4.79 Å². The van der Waals surface area contributed by atoms with E-state index in [0.29, 0.717) is 12.0 Å². The van der Waals surface area contributed by atoms with E-state index in [-0.39, 0.29) is 5.78 Å². The molecule has 0 aromatic carbocycles.